The Labute approximate surface area is 368 Å². The number of phenols is 1. The lowest BCUT2D eigenvalue weighted by atomic mass is 10.1. The van der Waals surface area contributed by atoms with E-state index in [0.717, 1.165) is 17.1 Å². The van der Waals surface area contributed by atoms with E-state index < -0.39 is 94.3 Å². The molecule has 21 nitrogen and oxygen atoms in total. The van der Waals surface area contributed by atoms with Crippen LogP contribution in [0, 0.1) is 0 Å². The second-order valence-electron chi connectivity index (χ2n) is 14.7. The quantitative estimate of drug-likeness (QED) is 0.0889. The first-order valence-electron chi connectivity index (χ1n) is 19.4. The molecule has 3 aliphatic rings. The predicted molar refractivity (Wildman–Crippen MR) is 224 cm³/mol. The van der Waals surface area contributed by atoms with Gasteiger partial charge in [-0.2, -0.15) is 0 Å². The second kappa shape index (κ2) is 18.0. The average Bonchev–Trinajstić information content (AvgIpc) is 3.95. The van der Waals surface area contributed by atoms with Gasteiger partial charge < -0.3 is 29.9 Å². The number of esters is 1. The number of aromatic hydroxyl groups is 1. The number of aromatic nitrogens is 6. The zero-order valence-electron chi connectivity index (χ0n) is 33.1. The van der Waals surface area contributed by atoms with Gasteiger partial charge in [-0.15, -0.1) is 0 Å². The molecular formula is C39H35F2N7O14P2S. The van der Waals surface area contributed by atoms with Gasteiger partial charge in [0.2, 0.25) is 0 Å². The Hall–Kier alpha value is -5.65. The van der Waals surface area contributed by atoms with E-state index in [1.807, 2.05) is 0 Å². The molecule has 5 N–H and O–H groups in total. The monoisotopic (exact) mass is 957 g/mol. The highest BCUT2D eigenvalue weighted by Gasteiger charge is 2.55. The Bertz CT molecular complexity index is 2950. The van der Waals surface area contributed by atoms with Gasteiger partial charge in [0.25, 0.3) is 5.56 Å². The SMILES string of the molecule is Nc1ncnc2c1ncn2[C@@H]1O[C@@H]2COP(=O)(O)O[C@H]3[C@@H](F)[C@H](n4cc(-c5ccccc5)c(=O)[nH]c4=O)O[C@@H]3COP(=O)(SCc3ccc(OC(=O)c4ccc(O)cc4)cc3)O[C@@H]1[C@@H]2F. The van der Waals surface area contributed by atoms with E-state index in [0.29, 0.717) is 22.5 Å². The summed E-state index contributed by atoms with van der Waals surface area (Å²) in [6, 6.07) is 19.5. The number of nitrogen functional groups attached to an aromatic ring is 1. The second-order valence-corrected chi connectivity index (χ2v) is 20.1. The lowest BCUT2D eigenvalue weighted by Gasteiger charge is -2.27. The number of anilines is 1. The standard InChI is InChI=1S/C39H35F2N7O14P2S/c40-28-26-15-56-63(53,54)61-31-27(60-36(29(31)41)47-14-25(35(50)46-39(47)52)21-4-2-1-3-5-21)16-57-64(55,62-32(28)37(59-26)48-19-45-30-33(42)43-18-44-34(30)48)65-17-20-6-12-24(13-7-20)58-38(51)22-8-10-23(49)11-9-22/h1-14,18-19,26-29,31-32,36-37,49H,15-17H2,(H,53,54)(H2,42,43,44)(H,46,50,52)/t26-,27-,28-,29-,31-,32-,36-,37-,64?/m1/s1. The summed E-state index contributed by atoms with van der Waals surface area (Å²) in [5.41, 5.74) is 5.25. The van der Waals surface area contributed by atoms with Gasteiger partial charge in [-0.25, -0.2) is 42.5 Å². The van der Waals surface area contributed by atoms with Gasteiger partial charge in [0.1, 0.15) is 47.8 Å². The van der Waals surface area contributed by atoms with Gasteiger partial charge in [-0.05, 0) is 58.9 Å². The minimum absolute atomic E-state index is 0.0249. The Balaban J connectivity index is 1.03. The number of ether oxygens (including phenoxy) is 3. The molecule has 0 radical (unpaired) electrons. The molecule has 3 saturated heterocycles. The molecule has 2 bridgehead atoms. The summed E-state index contributed by atoms with van der Waals surface area (Å²) in [7, 11) is -5.34. The number of hydrogen-bond acceptors (Lipinski definition) is 18. The molecule has 0 saturated carbocycles. The van der Waals surface area contributed by atoms with Crippen LogP contribution in [0.4, 0.5) is 14.6 Å². The zero-order chi connectivity index (χ0) is 45.6. The van der Waals surface area contributed by atoms with Crippen LogP contribution in [-0.2, 0) is 42.5 Å². The number of carbonyl (C=O) groups excluding carboxylic acids is 1. The van der Waals surface area contributed by atoms with Crippen molar-refractivity contribution in [2.75, 3.05) is 18.9 Å². The molecule has 6 heterocycles. The molecule has 65 heavy (non-hydrogen) atoms. The molecule has 26 heteroatoms. The third kappa shape index (κ3) is 9.27. The van der Waals surface area contributed by atoms with Crippen LogP contribution in [0.3, 0.4) is 0 Å². The van der Waals surface area contributed by atoms with Crippen molar-refractivity contribution < 1.29 is 65.0 Å². The number of phosphoric acid groups is 1. The average molecular weight is 958 g/mol. The molecule has 340 valence electrons. The number of nitrogens with one attached hydrogen (secondary N) is 1. The van der Waals surface area contributed by atoms with Crippen molar-refractivity contribution in [3.8, 4) is 22.6 Å². The van der Waals surface area contributed by atoms with Crippen LogP contribution in [-0.4, -0.2) is 95.0 Å². The molecule has 2 unspecified atom stereocenters. The number of imidazole rings is 1. The lowest BCUT2D eigenvalue weighted by molar-refractivity contribution is -0.0620. The molecule has 0 amide bonds. The molecule has 3 aliphatic heterocycles. The van der Waals surface area contributed by atoms with Crippen molar-refractivity contribution in [1.82, 2.24) is 29.1 Å². The lowest BCUT2D eigenvalue weighted by Crippen LogP contribution is -2.37. The van der Waals surface area contributed by atoms with E-state index in [2.05, 4.69) is 19.9 Å². The van der Waals surface area contributed by atoms with Gasteiger partial charge in [0.05, 0.1) is 30.7 Å². The Morgan fingerprint density at radius 2 is 1.60 bits per heavy atom. The summed E-state index contributed by atoms with van der Waals surface area (Å²) in [4.78, 5) is 63.9. The van der Waals surface area contributed by atoms with Gasteiger partial charge in [-0.1, -0.05) is 42.5 Å². The van der Waals surface area contributed by atoms with Crippen LogP contribution < -0.4 is 21.7 Å². The number of H-pyrrole nitrogens is 1. The largest absolute Gasteiger partial charge is 0.508 e. The van der Waals surface area contributed by atoms with Gasteiger partial charge in [-0.3, -0.25) is 37.0 Å². The van der Waals surface area contributed by atoms with Gasteiger partial charge in [0.15, 0.2) is 36.3 Å². The fourth-order valence-corrected chi connectivity index (χ4v) is 11.5. The number of rotatable bonds is 8. The minimum atomic E-state index is -5.34. The number of fused-ring (bicyclic) bond motifs is 4. The van der Waals surface area contributed by atoms with Crippen molar-refractivity contribution in [3.05, 3.63) is 130 Å². The Morgan fingerprint density at radius 3 is 2.35 bits per heavy atom. The highest BCUT2D eigenvalue weighted by atomic mass is 32.7. The van der Waals surface area contributed by atoms with Crippen molar-refractivity contribution in [3.63, 3.8) is 0 Å². The third-order valence-corrected chi connectivity index (χ3v) is 15.1. The summed E-state index contributed by atoms with van der Waals surface area (Å²) in [5.74, 6) is -0.765. The first-order chi connectivity index (χ1) is 31.1. The summed E-state index contributed by atoms with van der Waals surface area (Å²) in [6.45, 7) is -6.60. The maximum atomic E-state index is 16.6. The van der Waals surface area contributed by atoms with E-state index in [1.165, 1.54) is 47.3 Å². The van der Waals surface area contributed by atoms with E-state index in [9.17, 15) is 28.9 Å². The number of halogens is 2. The minimum Gasteiger partial charge on any atom is -0.508 e. The smallest absolute Gasteiger partial charge is 0.472 e. The van der Waals surface area contributed by atoms with Crippen molar-refractivity contribution in [2.45, 2.75) is 55.0 Å². The van der Waals surface area contributed by atoms with Crippen LogP contribution in [0.2, 0.25) is 0 Å². The number of phenolic OH excluding ortho intramolecular Hbond substituents is 1. The normalized spacial score (nSPS) is 29.3. The summed E-state index contributed by atoms with van der Waals surface area (Å²) in [5, 5.41) is 9.54. The molecule has 0 aliphatic carbocycles. The van der Waals surface area contributed by atoms with E-state index in [-0.39, 0.29) is 45.4 Å². The topological polar surface area (TPSA) is 281 Å². The number of carbonyl (C=O) groups is 1. The number of aromatic amines is 1. The molecule has 0 spiro atoms. The number of benzene rings is 3. The highest BCUT2D eigenvalue weighted by Crippen LogP contribution is 2.65. The van der Waals surface area contributed by atoms with Crippen molar-refractivity contribution in [1.29, 1.82) is 0 Å². The van der Waals surface area contributed by atoms with Gasteiger partial charge >= 0.3 is 26.3 Å². The Morgan fingerprint density at radius 1 is 0.877 bits per heavy atom. The molecule has 3 fully saturated rings. The number of nitrogens with zero attached hydrogens (tertiary/aromatic N) is 5. The predicted octanol–water partition coefficient (Wildman–Crippen LogP) is 4.98. The highest BCUT2D eigenvalue weighted by molar-refractivity contribution is 8.54. The number of hydrogen-bond donors (Lipinski definition) is 4. The molecule has 3 aromatic carbocycles. The molecule has 3 aromatic heterocycles. The molecular weight excluding hydrogens is 922 g/mol. The summed E-state index contributed by atoms with van der Waals surface area (Å²) < 4.78 is 104. The molecule has 9 rings (SSSR count). The maximum absolute atomic E-state index is 16.6. The molecule has 6 aromatic rings. The fraction of sp³-hybridized carbons (Fsp3) is 0.282. The summed E-state index contributed by atoms with van der Waals surface area (Å²) >= 11 is 0.574. The zero-order valence-corrected chi connectivity index (χ0v) is 35.7. The van der Waals surface area contributed by atoms with E-state index in [4.69, 9.17) is 38.0 Å². The van der Waals surface area contributed by atoms with Crippen LogP contribution in [0.15, 0.2) is 107 Å². The first-order valence-corrected chi connectivity index (χ1v) is 24.0. The van der Waals surface area contributed by atoms with E-state index >= 15 is 13.3 Å². The Kier molecular flexibility index (Phi) is 12.3. The van der Waals surface area contributed by atoms with Gasteiger partial charge in [0, 0.05) is 11.9 Å². The van der Waals surface area contributed by atoms with Crippen molar-refractivity contribution in [2.24, 2.45) is 0 Å². The van der Waals surface area contributed by atoms with Crippen LogP contribution in [0.25, 0.3) is 22.3 Å². The number of alkyl halides is 2. The maximum Gasteiger partial charge on any atom is 0.472 e. The van der Waals surface area contributed by atoms with Crippen LogP contribution in [0.5, 0.6) is 11.5 Å². The number of nitrogens with two attached hydrogens (primary N) is 1. The van der Waals surface area contributed by atoms with Crippen LogP contribution >= 0.6 is 26.0 Å². The summed E-state index contributed by atoms with van der Waals surface area (Å²) in [6.07, 6.45) is -12.0. The number of phosphoric ester groups is 1. The van der Waals surface area contributed by atoms with E-state index in [1.54, 1.807) is 42.5 Å². The first kappa shape index (κ1) is 44.5. The molecule has 10 atom stereocenters. The van der Waals surface area contributed by atoms with Crippen LogP contribution in [0.1, 0.15) is 28.4 Å². The fourth-order valence-electron chi connectivity index (χ4n) is 7.23. The van der Waals surface area contributed by atoms with Crippen molar-refractivity contribution >= 4 is 49.0 Å². The third-order valence-electron chi connectivity index (χ3n) is 10.5.